The van der Waals surface area contributed by atoms with Gasteiger partial charge < -0.3 is 25.7 Å². The molecule has 0 unspecified atom stereocenters. The van der Waals surface area contributed by atoms with Crippen LogP contribution in [0.25, 0.3) is 10.9 Å². The maximum Gasteiger partial charge on any atom is 0.328 e. The third-order valence-electron chi connectivity index (χ3n) is 5.69. The van der Waals surface area contributed by atoms with Crippen LogP contribution in [-0.2, 0) is 6.54 Å². The summed E-state index contributed by atoms with van der Waals surface area (Å²) in [5.41, 5.74) is 6.11. The topological polar surface area (TPSA) is 126 Å². The number of para-hydroxylation sites is 2. The summed E-state index contributed by atoms with van der Waals surface area (Å²) in [6.07, 6.45) is 0. The molecule has 0 radical (unpaired) electrons. The molecule has 0 spiro atoms. The van der Waals surface area contributed by atoms with E-state index in [1.54, 1.807) is 19.2 Å². The van der Waals surface area contributed by atoms with Crippen LogP contribution in [0.2, 0.25) is 0 Å². The van der Waals surface area contributed by atoms with Crippen molar-refractivity contribution in [3.8, 4) is 5.75 Å². The third kappa shape index (κ3) is 4.45. The minimum absolute atomic E-state index is 0.292. The van der Waals surface area contributed by atoms with E-state index in [0.29, 0.717) is 29.7 Å². The highest BCUT2D eigenvalue weighted by molar-refractivity contribution is 5.91. The van der Waals surface area contributed by atoms with E-state index < -0.39 is 11.7 Å². The van der Waals surface area contributed by atoms with Crippen molar-refractivity contribution in [1.29, 1.82) is 0 Å². The summed E-state index contributed by atoms with van der Waals surface area (Å²) >= 11 is 0. The van der Waals surface area contributed by atoms with Gasteiger partial charge in [-0.15, -0.1) is 0 Å². The Kier molecular flexibility index (Phi) is 6.13. The van der Waals surface area contributed by atoms with Gasteiger partial charge >= 0.3 is 11.7 Å². The number of H-pyrrole nitrogens is 1. The summed E-state index contributed by atoms with van der Waals surface area (Å²) in [6.45, 7) is 4.19. The second-order valence-electron chi connectivity index (χ2n) is 7.64. The van der Waals surface area contributed by atoms with Gasteiger partial charge in [0.15, 0.2) is 0 Å². The summed E-state index contributed by atoms with van der Waals surface area (Å²) in [5.74, 6) is 0.851. The molecule has 1 fully saturated rings. The molecule has 4 rings (SSSR count). The van der Waals surface area contributed by atoms with Crippen molar-refractivity contribution >= 4 is 28.3 Å². The Morgan fingerprint density at radius 3 is 2.56 bits per heavy atom. The Labute approximate surface area is 184 Å². The minimum Gasteiger partial charge on any atom is -0.495 e. The number of piperazine rings is 1. The van der Waals surface area contributed by atoms with Gasteiger partial charge in [-0.1, -0.05) is 12.1 Å². The number of hydrogen-bond donors (Lipinski definition) is 3. The molecule has 4 N–H and O–H groups in total. The van der Waals surface area contributed by atoms with Gasteiger partial charge in [0.2, 0.25) is 0 Å². The number of primary amides is 1. The zero-order valence-corrected chi connectivity index (χ0v) is 17.8. The van der Waals surface area contributed by atoms with Gasteiger partial charge in [-0.05, 0) is 30.3 Å². The SMILES string of the molecule is COc1ccccc1N1CCN(CCn2c(=O)[nH]c3cc(NC(N)=O)ccc3c2=O)CC1. The summed E-state index contributed by atoms with van der Waals surface area (Å²) in [4.78, 5) is 43.6. The summed E-state index contributed by atoms with van der Waals surface area (Å²) < 4.78 is 6.68. The van der Waals surface area contributed by atoms with Crippen LogP contribution in [0.5, 0.6) is 5.75 Å². The number of rotatable bonds is 6. The molecule has 0 aliphatic carbocycles. The van der Waals surface area contributed by atoms with Crippen LogP contribution in [0, 0.1) is 0 Å². The number of nitrogens with two attached hydrogens (primary N) is 1. The number of nitrogens with zero attached hydrogens (tertiary/aromatic N) is 3. The van der Waals surface area contributed by atoms with E-state index >= 15 is 0 Å². The predicted octanol–water partition coefficient (Wildman–Crippen LogP) is 1.01. The largest absolute Gasteiger partial charge is 0.495 e. The number of aromatic nitrogens is 2. The zero-order chi connectivity index (χ0) is 22.7. The lowest BCUT2D eigenvalue weighted by Crippen LogP contribution is -2.48. The molecular formula is C22H26N6O4. The highest BCUT2D eigenvalue weighted by Gasteiger charge is 2.20. The van der Waals surface area contributed by atoms with E-state index in [4.69, 9.17) is 10.5 Å². The number of ether oxygens (including phenoxy) is 1. The average Bonchev–Trinajstić information content (AvgIpc) is 2.78. The molecule has 1 aliphatic heterocycles. The number of aromatic amines is 1. The van der Waals surface area contributed by atoms with Gasteiger partial charge in [0.25, 0.3) is 5.56 Å². The fourth-order valence-corrected chi connectivity index (χ4v) is 4.02. The number of carbonyl (C=O) groups is 1. The number of benzene rings is 2. The third-order valence-corrected chi connectivity index (χ3v) is 5.69. The number of amides is 2. The van der Waals surface area contributed by atoms with E-state index in [9.17, 15) is 14.4 Å². The predicted molar refractivity (Wildman–Crippen MR) is 124 cm³/mol. The van der Waals surface area contributed by atoms with Crippen molar-refractivity contribution in [1.82, 2.24) is 14.5 Å². The lowest BCUT2D eigenvalue weighted by Gasteiger charge is -2.36. The molecule has 2 amide bonds. The Balaban J connectivity index is 1.43. The van der Waals surface area contributed by atoms with E-state index in [2.05, 4.69) is 20.1 Å². The van der Waals surface area contributed by atoms with E-state index in [-0.39, 0.29) is 5.56 Å². The lowest BCUT2D eigenvalue weighted by atomic mass is 10.2. The zero-order valence-electron chi connectivity index (χ0n) is 17.8. The molecule has 10 nitrogen and oxygen atoms in total. The Hall–Kier alpha value is -3.79. The van der Waals surface area contributed by atoms with E-state index in [1.807, 2.05) is 24.3 Å². The molecule has 2 aromatic carbocycles. The van der Waals surface area contributed by atoms with Crippen molar-refractivity contribution in [2.24, 2.45) is 5.73 Å². The quantitative estimate of drug-likeness (QED) is 0.527. The van der Waals surface area contributed by atoms with Crippen LogP contribution < -0.4 is 31.9 Å². The first-order chi connectivity index (χ1) is 15.5. The Bertz CT molecular complexity index is 1240. The monoisotopic (exact) mass is 438 g/mol. The van der Waals surface area contributed by atoms with Gasteiger partial charge in [-0.2, -0.15) is 0 Å². The highest BCUT2D eigenvalue weighted by atomic mass is 16.5. The van der Waals surface area contributed by atoms with Crippen LogP contribution in [0.1, 0.15) is 0 Å². The number of anilines is 2. The van der Waals surface area contributed by atoms with Gasteiger partial charge in [0.1, 0.15) is 5.75 Å². The highest BCUT2D eigenvalue weighted by Crippen LogP contribution is 2.28. The van der Waals surface area contributed by atoms with E-state index in [1.165, 1.54) is 10.6 Å². The lowest BCUT2D eigenvalue weighted by molar-refractivity contribution is 0.245. The fraction of sp³-hybridized carbons (Fsp3) is 0.318. The number of nitrogens with one attached hydrogen (secondary N) is 2. The first-order valence-electron chi connectivity index (χ1n) is 10.4. The molecule has 2 heterocycles. The van der Waals surface area contributed by atoms with Crippen molar-refractivity contribution < 1.29 is 9.53 Å². The van der Waals surface area contributed by atoms with Crippen molar-refractivity contribution in [2.45, 2.75) is 6.54 Å². The number of hydrogen-bond acceptors (Lipinski definition) is 6. The van der Waals surface area contributed by atoms with Crippen LogP contribution >= 0.6 is 0 Å². The molecule has 0 bridgehead atoms. The summed E-state index contributed by atoms with van der Waals surface area (Å²) in [5, 5.41) is 2.81. The van der Waals surface area contributed by atoms with Crippen molar-refractivity contribution in [3.05, 3.63) is 63.3 Å². The number of methoxy groups -OCH3 is 1. The van der Waals surface area contributed by atoms with Crippen LogP contribution in [0.3, 0.4) is 0 Å². The molecular weight excluding hydrogens is 412 g/mol. The van der Waals surface area contributed by atoms with Crippen LogP contribution in [0.4, 0.5) is 16.2 Å². The number of fused-ring (bicyclic) bond motifs is 1. The fourth-order valence-electron chi connectivity index (χ4n) is 4.02. The minimum atomic E-state index is -0.717. The maximum atomic E-state index is 12.9. The molecule has 0 atom stereocenters. The second kappa shape index (κ2) is 9.15. The molecule has 3 aromatic rings. The molecule has 1 saturated heterocycles. The summed E-state index contributed by atoms with van der Waals surface area (Å²) in [6, 6.07) is 11.9. The molecule has 10 heteroatoms. The summed E-state index contributed by atoms with van der Waals surface area (Å²) in [7, 11) is 1.67. The second-order valence-corrected chi connectivity index (χ2v) is 7.64. The smallest absolute Gasteiger partial charge is 0.328 e. The van der Waals surface area contributed by atoms with Crippen LogP contribution in [-0.4, -0.2) is 60.3 Å². The van der Waals surface area contributed by atoms with E-state index in [0.717, 1.165) is 37.6 Å². The number of carbonyl (C=O) groups excluding carboxylic acids is 1. The molecule has 1 aromatic heterocycles. The molecule has 0 saturated carbocycles. The Morgan fingerprint density at radius 2 is 1.84 bits per heavy atom. The standard InChI is InChI=1S/C22H26N6O4/c1-32-19-5-3-2-4-18(19)27-11-8-26(9-12-27)10-13-28-20(29)16-7-6-15(24-21(23)30)14-17(16)25-22(28)31/h2-7,14H,8-13H2,1H3,(H,25,31)(H3,23,24,30). The van der Waals surface area contributed by atoms with Gasteiger partial charge in [-0.25, -0.2) is 9.59 Å². The van der Waals surface area contributed by atoms with Gasteiger partial charge in [-0.3, -0.25) is 14.3 Å². The first kappa shape index (κ1) is 21.4. The van der Waals surface area contributed by atoms with Gasteiger partial charge in [0, 0.05) is 45.0 Å². The van der Waals surface area contributed by atoms with Crippen LogP contribution in [0.15, 0.2) is 52.1 Å². The molecule has 168 valence electrons. The Morgan fingerprint density at radius 1 is 1.09 bits per heavy atom. The molecule has 1 aliphatic rings. The van der Waals surface area contributed by atoms with Crippen molar-refractivity contribution in [3.63, 3.8) is 0 Å². The maximum absolute atomic E-state index is 12.9. The first-order valence-corrected chi connectivity index (χ1v) is 10.4. The number of urea groups is 1. The average molecular weight is 438 g/mol. The van der Waals surface area contributed by atoms with Crippen molar-refractivity contribution in [2.75, 3.05) is 50.1 Å². The van der Waals surface area contributed by atoms with Gasteiger partial charge in [0.05, 0.1) is 23.7 Å². The normalized spacial score (nSPS) is 14.5. The molecule has 32 heavy (non-hydrogen) atoms.